The molecular formula is C23H33N5O3. The Kier molecular flexibility index (Phi) is 6.52. The van der Waals surface area contributed by atoms with Crippen LogP contribution in [0, 0.1) is 12.3 Å². The van der Waals surface area contributed by atoms with E-state index in [-0.39, 0.29) is 30.8 Å². The number of imidazole rings is 1. The van der Waals surface area contributed by atoms with Crippen LogP contribution in [0.5, 0.6) is 0 Å². The third-order valence-corrected chi connectivity index (χ3v) is 5.92. The highest BCUT2D eigenvalue weighted by molar-refractivity contribution is 5.91. The van der Waals surface area contributed by atoms with Gasteiger partial charge in [-0.3, -0.25) is 9.59 Å². The first-order valence-electron chi connectivity index (χ1n) is 10.6. The van der Waals surface area contributed by atoms with E-state index in [2.05, 4.69) is 10.3 Å². The zero-order valence-corrected chi connectivity index (χ0v) is 18.9. The van der Waals surface area contributed by atoms with Gasteiger partial charge < -0.3 is 25.6 Å². The van der Waals surface area contributed by atoms with Crippen LogP contribution in [0.15, 0.2) is 36.7 Å². The van der Waals surface area contributed by atoms with Gasteiger partial charge in [0.1, 0.15) is 11.9 Å². The lowest BCUT2D eigenvalue weighted by atomic mass is 9.86. The van der Waals surface area contributed by atoms with E-state index in [0.717, 1.165) is 17.1 Å². The molecule has 8 heteroatoms. The molecule has 31 heavy (non-hydrogen) atoms. The topological polar surface area (TPSA) is 113 Å². The van der Waals surface area contributed by atoms with Crippen molar-refractivity contribution in [3.8, 4) is 5.69 Å². The van der Waals surface area contributed by atoms with E-state index in [1.165, 1.54) is 4.90 Å². The fourth-order valence-electron chi connectivity index (χ4n) is 3.82. The normalized spacial score (nSPS) is 21.1. The number of nitrogens with zero attached hydrogens (tertiary/aromatic N) is 3. The number of aryl methyl sites for hydroxylation is 1. The molecule has 1 aliphatic rings. The molecule has 0 saturated carbocycles. The molecule has 1 aromatic heterocycles. The van der Waals surface area contributed by atoms with Crippen molar-refractivity contribution in [2.24, 2.45) is 11.1 Å². The number of benzene rings is 1. The summed E-state index contributed by atoms with van der Waals surface area (Å²) >= 11 is 0. The minimum atomic E-state index is -0.746. The Hall–Kier alpha value is -2.71. The molecule has 1 aromatic carbocycles. The van der Waals surface area contributed by atoms with Crippen molar-refractivity contribution in [1.82, 2.24) is 19.8 Å². The summed E-state index contributed by atoms with van der Waals surface area (Å²) in [5.74, 6) is 0.303. The maximum absolute atomic E-state index is 13.0. The molecule has 2 amide bonds. The lowest BCUT2D eigenvalue weighted by molar-refractivity contribution is -0.141. The van der Waals surface area contributed by atoms with Crippen molar-refractivity contribution in [1.29, 1.82) is 0 Å². The van der Waals surface area contributed by atoms with Gasteiger partial charge >= 0.3 is 0 Å². The summed E-state index contributed by atoms with van der Waals surface area (Å²) in [5.41, 5.74) is 7.62. The van der Waals surface area contributed by atoms with E-state index in [0.29, 0.717) is 0 Å². The maximum atomic E-state index is 13.0. The molecule has 1 saturated heterocycles. The summed E-state index contributed by atoms with van der Waals surface area (Å²) in [7, 11) is 0. The number of rotatable bonds is 5. The van der Waals surface area contributed by atoms with Crippen LogP contribution in [0.3, 0.4) is 0 Å². The third-order valence-electron chi connectivity index (χ3n) is 5.92. The highest BCUT2D eigenvalue weighted by atomic mass is 16.3. The van der Waals surface area contributed by atoms with Gasteiger partial charge in [-0.15, -0.1) is 0 Å². The first kappa shape index (κ1) is 23.0. The van der Waals surface area contributed by atoms with Gasteiger partial charge in [-0.2, -0.15) is 0 Å². The Balaban J connectivity index is 1.69. The molecule has 4 N–H and O–H groups in total. The molecule has 0 radical (unpaired) electrons. The lowest BCUT2D eigenvalue weighted by Crippen LogP contribution is -2.55. The number of aliphatic hydroxyl groups is 1. The molecule has 1 aliphatic heterocycles. The third kappa shape index (κ3) is 4.97. The molecule has 0 aliphatic carbocycles. The van der Waals surface area contributed by atoms with Crippen LogP contribution in [0.1, 0.15) is 51.5 Å². The quantitative estimate of drug-likeness (QED) is 0.672. The second-order valence-corrected chi connectivity index (χ2v) is 9.41. The van der Waals surface area contributed by atoms with Crippen molar-refractivity contribution in [2.45, 2.75) is 65.3 Å². The lowest BCUT2D eigenvalue weighted by Gasteiger charge is -2.32. The molecule has 2 aromatic rings. The molecule has 0 spiro atoms. The minimum Gasteiger partial charge on any atom is -0.391 e. The summed E-state index contributed by atoms with van der Waals surface area (Å²) in [6, 6.07) is 6.14. The monoisotopic (exact) mass is 427 g/mol. The first-order chi connectivity index (χ1) is 14.5. The highest BCUT2D eigenvalue weighted by Crippen LogP contribution is 2.25. The maximum Gasteiger partial charge on any atom is 0.243 e. The number of amides is 2. The van der Waals surface area contributed by atoms with Crippen LogP contribution in [0.2, 0.25) is 0 Å². The van der Waals surface area contributed by atoms with Crippen molar-refractivity contribution >= 4 is 11.8 Å². The average molecular weight is 428 g/mol. The number of hydrogen-bond acceptors (Lipinski definition) is 5. The van der Waals surface area contributed by atoms with Gasteiger partial charge in [-0.1, -0.05) is 32.9 Å². The van der Waals surface area contributed by atoms with Crippen LogP contribution in [0.4, 0.5) is 0 Å². The van der Waals surface area contributed by atoms with Gasteiger partial charge in [0.2, 0.25) is 11.8 Å². The molecule has 0 bridgehead atoms. The number of likely N-dealkylation sites (tertiary alicyclic amines) is 1. The SMILES string of the molecule is Cc1nccn1-c1ccc([C@H](C)NC(=O)[C@@H]2C[C@@H](O)CN2C(=O)[C@@H](N)C(C)(C)C)cc1. The van der Waals surface area contributed by atoms with Crippen LogP contribution in [0.25, 0.3) is 5.69 Å². The predicted octanol–water partition coefficient (Wildman–Crippen LogP) is 1.69. The van der Waals surface area contributed by atoms with Crippen molar-refractivity contribution in [3.63, 3.8) is 0 Å². The Morgan fingerprint density at radius 1 is 1.26 bits per heavy atom. The van der Waals surface area contributed by atoms with Gasteiger partial charge in [0.05, 0.1) is 18.2 Å². The molecule has 2 heterocycles. The zero-order chi connectivity index (χ0) is 22.9. The Bertz CT molecular complexity index is 931. The number of hydrogen-bond donors (Lipinski definition) is 3. The number of nitrogens with one attached hydrogen (secondary N) is 1. The van der Waals surface area contributed by atoms with Crippen molar-refractivity contribution < 1.29 is 14.7 Å². The van der Waals surface area contributed by atoms with Crippen LogP contribution in [-0.4, -0.2) is 56.1 Å². The van der Waals surface area contributed by atoms with E-state index in [4.69, 9.17) is 5.73 Å². The Labute approximate surface area is 183 Å². The molecular weight excluding hydrogens is 394 g/mol. The van der Waals surface area contributed by atoms with Crippen molar-refractivity contribution in [3.05, 3.63) is 48.0 Å². The Morgan fingerprint density at radius 2 is 1.90 bits per heavy atom. The summed E-state index contributed by atoms with van der Waals surface area (Å²) in [4.78, 5) is 31.5. The van der Waals surface area contributed by atoms with E-state index < -0.39 is 23.6 Å². The summed E-state index contributed by atoms with van der Waals surface area (Å²) in [6.07, 6.45) is 3.12. The second kappa shape index (κ2) is 8.80. The highest BCUT2D eigenvalue weighted by Gasteiger charge is 2.42. The molecule has 1 fully saturated rings. The molecule has 4 atom stereocenters. The Morgan fingerprint density at radius 3 is 2.45 bits per heavy atom. The number of carbonyl (C=O) groups is 2. The first-order valence-corrected chi connectivity index (χ1v) is 10.6. The van der Waals surface area contributed by atoms with Gasteiger partial charge in [0, 0.05) is 31.0 Å². The second-order valence-electron chi connectivity index (χ2n) is 9.41. The van der Waals surface area contributed by atoms with Gasteiger partial charge in [-0.25, -0.2) is 4.98 Å². The molecule has 8 nitrogen and oxygen atoms in total. The summed E-state index contributed by atoms with van der Waals surface area (Å²) in [6.45, 7) is 9.60. The number of aliphatic hydroxyl groups excluding tert-OH is 1. The number of carbonyl (C=O) groups excluding carboxylic acids is 2. The van der Waals surface area contributed by atoms with E-state index >= 15 is 0 Å². The van der Waals surface area contributed by atoms with Crippen molar-refractivity contribution in [2.75, 3.05) is 6.54 Å². The van der Waals surface area contributed by atoms with E-state index in [1.54, 1.807) is 6.20 Å². The number of β-amino-alcohol motifs (C(OH)–C–C–N with tert-alkyl or cyclic N) is 1. The van der Waals surface area contributed by atoms with Gasteiger partial charge in [-0.05, 0) is 37.0 Å². The summed E-state index contributed by atoms with van der Waals surface area (Å²) < 4.78 is 1.98. The predicted molar refractivity (Wildman–Crippen MR) is 118 cm³/mol. The van der Waals surface area contributed by atoms with Crippen LogP contribution < -0.4 is 11.1 Å². The van der Waals surface area contributed by atoms with Gasteiger partial charge in [0.15, 0.2) is 0 Å². The molecule has 0 unspecified atom stereocenters. The zero-order valence-electron chi connectivity index (χ0n) is 18.9. The van der Waals surface area contributed by atoms with E-state index in [1.807, 2.05) is 69.6 Å². The fourth-order valence-corrected chi connectivity index (χ4v) is 3.82. The largest absolute Gasteiger partial charge is 0.391 e. The summed E-state index contributed by atoms with van der Waals surface area (Å²) in [5, 5.41) is 13.1. The number of aromatic nitrogens is 2. The minimum absolute atomic E-state index is 0.119. The molecule has 168 valence electrons. The van der Waals surface area contributed by atoms with Gasteiger partial charge in [0.25, 0.3) is 0 Å². The number of nitrogens with two attached hydrogens (primary N) is 1. The average Bonchev–Trinajstić information content (AvgIpc) is 3.31. The molecule has 3 rings (SSSR count). The van der Waals surface area contributed by atoms with Crippen LogP contribution in [-0.2, 0) is 9.59 Å². The standard InChI is InChI=1S/C23H33N5O3/c1-14(16-6-8-17(9-7-16)27-11-10-25-15(27)2)26-21(30)19-12-18(29)13-28(19)22(31)20(24)23(3,4)5/h6-11,14,18-20,29H,12-13,24H2,1-5H3,(H,26,30)/t14-,18+,19-,20+/m0/s1. The van der Waals surface area contributed by atoms with Crippen LogP contribution >= 0.6 is 0 Å². The van der Waals surface area contributed by atoms with E-state index in [9.17, 15) is 14.7 Å². The smallest absolute Gasteiger partial charge is 0.243 e. The fraction of sp³-hybridized carbons (Fsp3) is 0.522.